The van der Waals surface area contributed by atoms with E-state index in [1.807, 2.05) is 0 Å². The SMILES string of the molecule is Cc1ncc(Cl)c(C(=O)NC2CN(S(C)(=O)=O)CC2C2CC2)n1. The van der Waals surface area contributed by atoms with Crippen LogP contribution in [0, 0.1) is 18.8 Å². The van der Waals surface area contributed by atoms with Crippen molar-refractivity contribution in [1.29, 1.82) is 0 Å². The van der Waals surface area contributed by atoms with Gasteiger partial charge < -0.3 is 5.32 Å². The van der Waals surface area contributed by atoms with Crippen LogP contribution in [0.1, 0.15) is 29.2 Å². The topological polar surface area (TPSA) is 92.3 Å². The van der Waals surface area contributed by atoms with Crippen LogP contribution in [0.4, 0.5) is 0 Å². The Morgan fingerprint density at radius 2 is 2.09 bits per heavy atom. The van der Waals surface area contributed by atoms with Gasteiger partial charge in [0.2, 0.25) is 10.0 Å². The van der Waals surface area contributed by atoms with E-state index in [4.69, 9.17) is 11.6 Å². The van der Waals surface area contributed by atoms with Crippen LogP contribution in [0.5, 0.6) is 0 Å². The van der Waals surface area contributed by atoms with E-state index < -0.39 is 10.0 Å². The highest BCUT2D eigenvalue weighted by molar-refractivity contribution is 7.88. The standard InChI is InChI=1S/C14H19ClN4O3S/c1-8-16-5-11(15)13(17-8)14(20)18-12-7-19(23(2,21)22)6-10(12)9-3-4-9/h5,9-10,12H,3-4,6-7H2,1-2H3,(H,18,20). The molecule has 7 nitrogen and oxygen atoms in total. The molecule has 1 aliphatic carbocycles. The van der Waals surface area contributed by atoms with Crippen molar-refractivity contribution >= 4 is 27.5 Å². The van der Waals surface area contributed by atoms with E-state index in [0.717, 1.165) is 12.8 Å². The fourth-order valence-corrected chi connectivity index (χ4v) is 4.12. The number of rotatable bonds is 4. The van der Waals surface area contributed by atoms with E-state index >= 15 is 0 Å². The van der Waals surface area contributed by atoms with Gasteiger partial charge in [0, 0.05) is 19.1 Å². The van der Waals surface area contributed by atoms with E-state index in [0.29, 0.717) is 24.8 Å². The molecule has 1 amide bonds. The molecule has 2 unspecified atom stereocenters. The van der Waals surface area contributed by atoms with Crippen molar-refractivity contribution < 1.29 is 13.2 Å². The van der Waals surface area contributed by atoms with Gasteiger partial charge in [-0.1, -0.05) is 11.6 Å². The van der Waals surface area contributed by atoms with Gasteiger partial charge in [0.15, 0.2) is 0 Å². The Balaban J connectivity index is 1.77. The Morgan fingerprint density at radius 1 is 1.39 bits per heavy atom. The van der Waals surface area contributed by atoms with Gasteiger partial charge in [-0.2, -0.15) is 4.31 Å². The first kappa shape index (κ1) is 16.6. The number of halogens is 1. The molecule has 0 bridgehead atoms. The molecule has 0 radical (unpaired) electrons. The number of carbonyl (C=O) groups is 1. The average Bonchev–Trinajstić information content (AvgIpc) is 3.21. The minimum atomic E-state index is -3.26. The van der Waals surface area contributed by atoms with Gasteiger partial charge in [0.1, 0.15) is 11.5 Å². The number of aryl methyl sites for hydroxylation is 1. The second kappa shape index (κ2) is 5.99. The highest BCUT2D eigenvalue weighted by Gasteiger charge is 2.45. The maximum atomic E-state index is 12.5. The van der Waals surface area contributed by atoms with Gasteiger partial charge in [0.05, 0.1) is 17.5 Å². The molecule has 0 spiro atoms. The number of nitrogens with zero attached hydrogens (tertiary/aromatic N) is 3. The summed E-state index contributed by atoms with van der Waals surface area (Å²) in [7, 11) is -3.26. The van der Waals surface area contributed by atoms with Gasteiger partial charge in [-0.15, -0.1) is 0 Å². The molecule has 3 rings (SSSR count). The molecule has 126 valence electrons. The minimum absolute atomic E-state index is 0.131. The van der Waals surface area contributed by atoms with Crippen molar-refractivity contribution in [2.75, 3.05) is 19.3 Å². The monoisotopic (exact) mass is 358 g/mol. The zero-order valence-corrected chi connectivity index (χ0v) is 14.6. The van der Waals surface area contributed by atoms with Crippen molar-refractivity contribution in [2.24, 2.45) is 11.8 Å². The number of nitrogens with one attached hydrogen (secondary N) is 1. The molecule has 2 atom stereocenters. The predicted molar refractivity (Wildman–Crippen MR) is 85.7 cm³/mol. The van der Waals surface area contributed by atoms with Crippen LogP contribution in [0.15, 0.2) is 6.20 Å². The molecule has 9 heteroatoms. The molecule has 1 saturated heterocycles. The molecule has 2 fully saturated rings. The lowest BCUT2D eigenvalue weighted by atomic mass is 9.98. The van der Waals surface area contributed by atoms with Crippen molar-refractivity contribution in [2.45, 2.75) is 25.8 Å². The minimum Gasteiger partial charge on any atom is -0.346 e. The second-order valence-electron chi connectivity index (χ2n) is 6.27. The van der Waals surface area contributed by atoms with E-state index in [1.165, 1.54) is 16.8 Å². The Hall–Kier alpha value is -1.25. The molecule has 1 aromatic heterocycles. The van der Waals surface area contributed by atoms with Crippen LogP contribution in [0.3, 0.4) is 0 Å². The zero-order chi connectivity index (χ0) is 16.8. The van der Waals surface area contributed by atoms with Crippen LogP contribution in [0.2, 0.25) is 5.02 Å². The van der Waals surface area contributed by atoms with Crippen molar-refractivity contribution in [1.82, 2.24) is 19.6 Å². The van der Waals surface area contributed by atoms with E-state index in [1.54, 1.807) is 6.92 Å². The highest BCUT2D eigenvalue weighted by Crippen LogP contribution is 2.42. The number of carbonyl (C=O) groups excluding carboxylic acids is 1. The van der Waals surface area contributed by atoms with Crippen LogP contribution < -0.4 is 5.32 Å². The highest BCUT2D eigenvalue weighted by atomic mass is 35.5. The van der Waals surface area contributed by atoms with Crippen LogP contribution >= 0.6 is 11.6 Å². The van der Waals surface area contributed by atoms with E-state index in [-0.39, 0.29) is 28.6 Å². The fraction of sp³-hybridized carbons (Fsp3) is 0.643. The molecule has 2 aliphatic rings. The molecule has 23 heavy (non-hydrogen) atoms. The number of sulfonamides is 1. The molecule has 1 aromatic rings. The lowest BCUT2D eigenvalue weighted by Gasteiger charge is -2.19. The third-order valence-electron chi connectivity index (χ3n) is 4.42. The third-order valence-corrected chi connectivity index (χ3v) is 5.94. The summed E-state index contributed by atoms with van der Waals surface area (Å²) in [6.45, 7) is 2.44. The van der Waals surface area contributed by atoms with Gasteiger partial charge in [-0.25, -0.2) is 18.4 Å². The van der Waals surface area contributed by atoms with E-state index in [2.05, 4.69) is 15.3 Å². The third kappa shape index (κ3) is 3.64. The Morgan fingerprint density at radius 3 is 2.70 bits per heavy atom. The summed E-state index contributed by atoms with van der Waals surface area (Å²) in [4.78, 5) is 20.5. The quantitative estimate of drug-likeness (QED) is 0.861. The number of amides is 1. The number of hydrogen-bond acceptors (Lipinski definition) is 5. The Labute approximate surface area is 140 Å². The number of hydrogen-bond donors (Lipinski definition) is 1. The molecule has 1 N–H and O–H groups in total. The van der Waals surface area contributed by atoms with Gasteiger partial charge in [-0.05, 0) is 31.6 Å². The molecular formula is C14H19ClN4O3S. The normalized spacial score (nSPS) is 25.5. The molecule has 0 aromatic carbocycles. The zero-order valence-electron chi connectivity index (χ0n) is 13.0. The first-order chi connectivity index (χ1) is 10.8. The predicted octanol–water partition coefficient (Wildman–Crippen LogP) is 0.838. The Bertz CT molecular complexity index is 736. The summed E-state index contributed by atoms with van der Waals surface area (Å²) in [6, 6.07) is -0.212. The van der Waals surface area contributed by atoms with Crippen LogP contribution in [-0.4, -0.2) is 54.0 Å². The van der Waals surface area contributed by atoms with Gasteiger partial charge in [0.25, 0.3) is 5.91 Å². The van der Waals surface area contributed by atoms with Gasteiger partial charge >= 0.3 is 0 Å². The summed E-state index contributed by atoms with van der Waals surface area (Å²) in [5, 5.41) is 3.11. The van der Waals surface area contributed by atoms with Gasteiger partial charge in [-0.3, -0.25) is 4.79 Å². The average molecular weight is 359 g/mol. The van der Waals surface area contributed by atoms with Crippen molar-refractivity contribution in [3.05, 3.63) is 22.7 Å². The van der Waals surface area contributed by atoms with E-state index in [9.17, 15) is 13.2 Å². The lowest BCUT2D eigenvalue weighted by Crippen LogP contribution is -2.42. The van der Waals surface area contributed by atoms with Crippen molar-refractivity contribution in [3.63, 3.8) is 0 Å². The lowest BCUT2D eigenvalue weighted by molar-refractivity contribution is 0.0923. The molecule has 1 aliphatic heterocycles. The fourth-order valence-electron chi connectivity index (χ4n) is 3.07. The Kier molecular flexibility index (Phi) is 4.33. The maximum Gasteiger partial charge on any atom is 0.271 e. The smallest absolute Gasteiger partial charge is 0.271 e. The van der Waals surface area contributed by atoms with Crippen molar-refractivity contribution in [3.8, 4) is 0 Å². The molecule has 2 heterocycles. The largest absolute Gasteiger partial charge is 0.346 e. The molecule has 1 saturated carbocycles. The summed E-state index contributed by atoms with van der Waals surface area (Å²) >= 11 is 6.00. The number of aromatic nitrogens is 2. The summed E-state index contributed by atoms with van der Waals surface area (Å²) in [5.74, 6) is 0.707. The second-order valence-corrected chi connectivity index (χ2v) is 8.66. The van der Waals surface area contributed by atoms with Crippen LogP contribution in [-0.2, 0) is 10.0 Å². The van der Waals surface area contributed by atoms with Crippen LogP contribution in [0.25, 0.3) is 0 Å². The summed E-state index contributed by atoms with van der Waals surface area (Å²) < 4.78 is 25.0. The summed E-state index contributed by atoms with van der Waals surface area (Å²) in [5.41, 5.74) is 0.131. The first-order valence-corrected chi connectivity index (χ1v) is 9.73. The maximum absolute atomic E-state index is 12.5. The summed E-state index contributed by atoms with van der Waals surface area (Å²) in [6.07, 6.45) is 4.77. The first-order valence-electron chi connectivity index (χ1n) is 7.51. The molecular weight excluding hydrogens is 340 g/mol.